The number of hydrogen-bond acceptors (Lipinski definition) is 2. The molecule has 0 aromatic carbocycles. The zero-order valence-electron chi connectivity index (χ0n) is 11.2. The highest BCUT2D eigenvalue weighted by molar-refractivity contribution is 9.11. The fourth-order valence-electron chi connectivity index (χ4n) is 1.88. The highest BCUT2D eigenvalue weighted by Crippen LogP contribution is 2.48. The molecule has 9 heteroatoms. The number of halogens is 7. The second-order valence-electron chi connectivity index (χ2n) is 4.60. The molecule has 0 aliphatic rings. The normalized spacial score (nSPS) is 14.8. The molecule has 1 N–H and O–H groups in total. The molecule has 1 atom stereocenters. The molecular formula is C12H14BrF6NS. The third kappa shape index (κ3) is 4.85. The average Bonchev–Trinajstić information content (AvgIpc) is 2.61. The van der Waals surface area contributed by atoms with Crippen LogP contribution in [0, 0.1) is 12.8 Å². The summed E-state index contributed by atoms with van der Waals surface area (Å²) in [4.78, 5) is 0.0208. The van der Waals surface area contributed by atoms with Crippen LogP contribution in [0.4, 0.5) is 26.3 Å². The van der Waals surface area contributed by atoms with Gasteiger partial charge in [-0.1, -0.05) is 6.92 Å². The summed E-state index contributed by atoms with van der Waals surface area (Å²) in [6.07, 6.45) is -10.3. The third-order valence-corrected chi connectivity index (χ3v) is 5.06. The Morgan fingerprint density at radius 2 is 1.71 bits per heavy atom. The maximum Gasteiger partial charge on any atom is 0.402 e. The molecule has 1 nitrogen and oxygen atoms in total. The van der Waals surface area contributed by atoms with Gasteiger partial charge < -0.3 is 5.32 Å². The van der Waals surface area contributed by atoms with E-state index in [0.717, 1.165) is 11.3 Å². The molecule has 0 saturated heterocycles. The molecule has 0 saturated carbocycles. The summed E-state index contributed by atoms with van der Waals surface area (Å²) < 4.78 is 78.0. The van der Waals surface area contributed by atoms with Gasteiger partial charge in [0.15, 0.2) is 5.92 Å². The topological polar surface area (TPSA) is 12.0 Å². The van der Waals surface area contributed by atoms with Crippen LogP contribution in [0.2, 0.25) is 0 Å². The van der Waals surface area contributed by atoms with Crippen molar-refractivity contribution in [3.63, 3.8) is 0 Å². The third-order valence-electron chi connectivity index (χ3n) is 2.84. The van der Waals surface area contributed by atoms with E-state index in [1.807, 2.05) is 0 Å². The predicted octanol–water partition coefficient (Wildman–Crippen LogP) is 5.60. The Kier molecular flexibility index (Phi) is 6.14. The van der Waals surface area contributed by atoms with Crippen LogP contribution in [0.3, 0.4) is 0 Å². The first-order valence-corrected chi connectivity index (χ1v) is 7.72. The highest BCUT2D eigenvalue weighted by atomic mass is 79.9. The van der Waals surface area contributed by atoms with E-state index < -0.39 is 24.3 Å². The summed E-state index contributed by atoms with van der Waals surface area (Å²) in [5, 5.41) is 2.39. The van der Waals surface area contributed by atoms with Crippen LogP contribution in [-0.4, -0.2) is 18.9 Å². The molecule has 0 fully saturated rings. The number of aryl methyl sites for hydroxylation is 1. The monoisotopic (exact) mass is 397 g/mol. The minimum absolute atomic E-state index is 0.0208. The van der Waals surface area contributed by atoms with E-state index in [1.165, 1.54) is 6.07 Å². The standard InChI is InChI=1S/C12H14BrF6NS/c1-3-4-20-8(7-5-6(2)10(13)21-7)9(11(14,15)16)12(17,18)19/h5,8-9,20H,3-4H2,1-2H3. The van der Waals surface area contributed by atoms with Gasteiger partial charge in [0, 0.05) is 4.88 Å². The van der Waals surface area contributed by atoms with Gasteiger partial charge in [0.1, 0.15) is 0 Å². The summed E-state index contributed by atoms with van der Waals surface area (Å²) >= 11 is 4.02. The largest absolute Gasteiger partial charge is 0.402 e. The number of rotatable bonds is 5. The van der Waals surface area contributed by atoms with Crippen molar-refractivity contribution in [2.24, 2.45) is 5.92 Å². The van der Waals surface area contributed by atoms with Crippen molar-refractivity contribution < 1.29 is 26.3 Å². The Labute approximate surface area is 130 Å². The number of nitrogens with one attached hydrogen (secondary N) is 1. The molecule has 122 valence electrons. The van der Waals surface area contributed by atoms with Crippen LogP contribution in [0.25, 0.3) is 0 Å². The van der Waals surface area contributed by atoms with Crippen LogP contribution in [0.1, 0.15) is 29.8 Å². The predicted molar refractivity (Wildman–Crippen MR) is 73.4 cm³/mol. The SMILES string of the molecule is CCCNC(c1cc(C)c(Br)s1)C(C(F)(F)F)C(F)(F)F. The zero-order chi connectivity index (χ0) is 16.4. The lowest BCUT2D eigenvalue weighted by atomic mass is 9.96. The lowest BCUT2D eigenvalue weighted by Crippen LogP contribution is -2.45. The Morgan fingerprint density at radius 3 is 2.05 bits per heavy atom. The van der Waals surface area contributed by atoms with Crippen LogP contribution in [-0.2, 0) is 0 Å². The lowest BCUT2D eigenvalue weighted by Gasteiger charge is -2.30. The molecule has 1 heterocycles. The van der Waals surface area contributed by atoms with Gasteiger partial charge >= 0.3 is 12.4 Å². The van der Waals surface area contributed by atoms with Crippen molar-refractivity contribution in [3.8, 4) is 0 Å². The Morgan fingerprint density at radius 1 is 1.19 bits per heavy atom. The highest BCUT2D eigenvalue weighted by Gasteiger charge is 2.60. The van der Waals surface area contributed by atoms with Crippen molar-refractivity contribution in [1.29, 1.82) is 0 Å². The molecule has 1 unspecified atom stereocenters. The Hall–Kier alpha value is -0.280. The fourth-order valence-corrected chi connectivity index (χ4v) is 3.57. The Bertz CT molecular complexity index is 434. The van der Waals surface area contributed by atoms with Gasteiger partial charge in [-0.2, -0.15) is 26.3 Å². The van der Waals surface area contributed by atoms with Gasteiger partial charge in [-0.3, -0.25) is 0 Å². The van der Waals surface area contributed by atoms with Crippen LogP contribution in [0.5, 0.6) is 0 Å². The van der Waals surface area contributed by atoms with Gasteiger partial charge in [0.05, 0.1) is 9.83 Å². The second-order valence-corrected chi connectivity index (χ2v) is 7.00. The molecule has 0 aliphatic heterocycles. The molecule has 0 spiro atoms. The van der Waals surface area contributed by atoms with Gasteiger partial charge in [-0.15, -0.1) is 11.3 Å². The molecule has 0 bridgehead atoms. The first-order chi connectivity index (χ1) is 9.48. The van der Waals surface area contributed by atoms with Crippen molar-refractivity contribution in [3.05, 3.63) is 20.3 Å². The van der Waals surface area contributed by atoms with E-state index in [0.29, 0.717) is 15.8 Å². The number of thiophene rings is 1. The van der Waals surface area contributed by atoms with Gasteiger partial charge in [-0.05, 0) is 47.4 Å². The maximum atomic E-state index is 12.9. The average molecular weight is 398 g/mol. The van der Waals surface area contributed by atoms with E-state index >= 15 is 0 Å². The Balaban J connectivity index is 3.26. The summed E-state index contributed by atoms with van der Waals surface area (Å²) in [7, 11) is 0. The summed E-state index contributed by atoms with van der Waals surface area (Å²) in [5.74, 6) is -3.43. The maximum absolute atomic E-state index is 12.9. The first-order valence-electron chi connectivity index (χ1n) is 6.11. The smallest absolute Gasteiger partial charge is 0.308 e. The minimum atomic E-state index is -5.37. The molecule has 0 amide bonds. The quantitative estimate of drug-likeness (QED) is 0.637. The van der Waals surface area contributed by atoms with E-state index in [9.17, 15) is 26.3 Å². The molecule has 1 aromatic heterocycles. The number of hydrogen-bond donors (Lipinski definition) is 1. The van der Waals surface area contributed by atoms with E-state index in [2.05, 4.69) is 21.2 Å². The lowest BCUT2D eigenvalue weighted by molar-refractivity contribution is -0.292. The number of alkyl halides is 6. The summed E-state index contributed by atoms with van der Waals surface area (Å²) in [6, 6.07) is -0.480. The van der Waals surface area contributed by atoms with Crippen molar-refractivity contribution in [2.75, 3.05) is 6.54 Å². The van der Waals surface area contributed by atoms with Crippen LogP contribution >= 0.6 is 27.3 Å². The first kappa shape index (κ1) is 18.8. The van der Waals surface area contributed by atoms with Crippen LogP contribution in [0.15, 0.2) is 9.85 Å². The molecular weight excluding hydrogens is 384 g/mol. The van der Waals surface area contributed by atoms with Gasteiger partial charge in [-0.25, -0.2) is 0 Å². The van der Waals surface area contributed by atoms with Crippen molar-refractivity contribution in [1.82, 2.24) is 5.32 Å². The fraction of sp³-hybridized carbons (Fsp3) is 0.667. The zero-order valence-corrected chi connectivity index (χ0v) is 13.6. The van der Waals surface area contributed by atoms with Gasteiger partial charge in [0.25, 0.3) is 0 Å². The summed E-state index contributed by atoms with van der Waals surface area (Å²) in [6.45, 7) is 3.37. The van der Waals surface area contributed by atoms with Crippen molar-refractivity contribution in [2.45, 2.75) is 38.7 Å². The molecule has 0 aliphatic carbocycles. The molecule has 1 rings (SSSR count). The minimum Gasteiger partial charge on any atom is -0.308 e. The van der Waals surface area contributed by atoms with Crippen molar-refractivity contribution >= 4 is 27.3 Å². The molecule has 21 heavy (non-hydrogen) atoms. The molecule has 1 aromatic rings. The van der Waals surface area contributed by atoms with Crippen LogP contribution < -0.4 is 5.32 Å². The van der Waals surface area contributed by atoms with Gasteiger partial charge in [0.2, 0.25) is 0 Å². The summed E-state index contributed by atoms with van der Waals surface area (Å²) in [5.41, 5.74) is 0.612. The van der Waals surface area contributed by atoms with E-state index in [-0.39, 0.29) is 11.4 Å². The molecule has 0 radical (unpaired) electrons. The van der Waals surface area contributed by atoms with E-state index in [4.69, 9.17) is 0 Å². The van der Waals surface area contributed by atoms with E-state index in [1.54, 1.807) is 13.8 Å². The second kappa shape index (κ2) is 6.87.